The number of halogens is 1. The number of hydrogen-bond acceptors (Lipinski definition) is 5. The molecule has 0 unspecified atom stereocenters. The first-order valence-electron chi connectivity index (χ1n) is 8.84. The largest absolute Gasteiger partial charge is 0.357 e. The Morgan fingerprint density at radius 3 is 2.57 bits per heavy atom. The molecule has 0 amide bonds. The fourth-order valence-corrected chi connectivity index (χ4v) is 3.61. The molecule has 0 aliphatic carbocycles. The Hall–Kier alpha value is -2.94. The lowest BCUT2D eigenvalue weighted by molar-refractivity contribution is -0.387. The number of rotatable bonds is 7. The fraction of sp³-hybridized carbons (Fsp3) is 0.0476. The van der Waals surface area contributed by atoms with Crippen LogP contribution in [0.3, 0.4) is 0 Å². The first-order valence-corrected chi connectivity index (χ1v) is 10.4. The number of nitro groups is 1. The number of nitrogens with zero attached hydrogens (tertiary/aromatic N) is 2. The maximum atomic E-state index is 11.5. The van der Waals surface area contributed by atoms with E-state index >= 15 is 0 Å². The molecular formula is C21H17ClN4O2S2. The smallest absolute Gasteiger partial charge is 0.283 e. The molecule has 0 bridgehead atoms. The molecule has 30 heavy (non-hydrogen) atoms. The van der Waals surface area contributed by atoms with Crippen molar-refractivity contribution in [2.24, 2.45) is 5.10 Å². The van der Waals surface area contributed by atoms with E-state index in [1.165, 1.54) is 24.0 Å². The van der Waals surface area contributed by atoms with Crippen LogP contribution in [0.1, 0.15) is 11.1 Å². The lowest BCUT2D eigenvalue weighted by Crippen LogP contribution is -2.31. The van der Waals surface area contributed by atoms with E-state index in [9.17, 15) is 10.1 Å². The highest BCUT2D eigenvalue weighted by Crippen LogP contribution is 2.35. The van der Waals surface area contributed by atoms with E-state index in [-0.39, 0.29) is 5.69 Å². The molecule has 0 aliphatic rings. The number of benzene rings is 3. The average Bonchev–Trinajstić information content (AvgIpc) is 2.75. The van der Waals surface area contributed by atoms with Crippen LogP contribution in [0.5, 0.6) is 0 Å². The van der Waals surface area contributed by atoms with E-state index in [0.29, 0.717) is 27.1 Å². The lowest BCUT2D eigenvalue weighted by atomic mass is 10.2. The van der Waals surface area contributed by atoms with Gasteiger partial charge in [0.15, 0.2) is 5.11 Å². The van der Waals surface area contributed by atoms with Gasteiger partial charge in [-0.2, -0.15) is 5.10 Å². The Morgan fingerprint density at radius 1 is 1.13 bits per heavy atom. The van der Waals surface area contributed by atoms with E-state index in [1.54, 1.807) is 24.3 Å². The van der Waals surface area contributed by atoms with Gasteiger partial charge < -0.3 is 5.32 Å². The van der Waals surface area contributed by atoms with Crippen LogP contribution in [-0.2, 0) is 6.54 Å². The van der Waals surface area contributed by atoms with E-state index in [1.807, 2.05) is 42.5 Å². The fourth-order valence-electron chi connectivity index (χ4n) is 2.46. The molecule has 0 aromatic heterocycles. The Labute approximate surface area is 188 Å². The van der Waals surface area contributed by atoms with Gasteiger partial charge in [0, 0.05) is 28.1 Å². The summed E-state index contributed by atoms with van der Waals surface area (Å²) in [4.78, 5) is 12.5. The van der Waals surface area contributed by atoms with Crippen LogP contribution in [0.2, 0.25) is 5.02 Å². The molecule has 0 aliphatic heterocycles. The van der Waals surface area contributed by atoms with Crippen LogP contribution in [0.15, 0.2) is 87.7 Å². The number of hydrazone groups is 1. The van der Waals surface area contributed by atoms with E-state index in [4.69, 9.17) is 23.8 Å². The van der Waals surface area contributed by atoms with Crippen LogP contribution in [0, 0.1) is 10.1 Å². The molecule has 0 saturated carbocycles. The maximum absolute atomic E-state index is 11.5. The molecule has 0 spiro atoms. The molecular weight excluding hydrogens is 440 g/mol. The van der Waals surface area contributed by atoms with Gasteiger partial charge in [0.2, 0.25) is 0 Å². The molecule has 9 heteroatoms. The van der Waals surface area contributed by atoms with Crippen molar-refractivity contribution >= 4 is 52.6 Å². The highest BCUT2D eigenvalue weighted by Gasteiger charge is 2.15. The average molecular weight is 457 g/mol. The summed E-state index contributed by atoms with van der Waals surface area (Å²) >= 11 is 12.4. The number of nitro benzene ring substituents is 1. The van der Waals surface area contributed by atoms with Crippen molar-refractivity contribution in [2.75, 3.05) is 0 Å². The Kier molecular flexibility index (Phi) is 7.78. The molecule has 3 aromatic rings. The zero-order valence-electron chi connectivity index (χ0n) is 15.6. The number of thiocarbonyl (C=S) groups is 1. The van der Waals surface area contributed by atoms with Gasteiger partial charge in [-0.25, -0.2) is 0 Å². The predicted octanol–water partition coefficient (Wildman–Crippen LogP) is 5.40. The molecule has 3 rings (SSSR count). The highest BCUT2D eigenvalue weighted by atomic mass is 35.5. The van der Waals surface area contributed by atoms with E-state index in [0.717, 1.165) is 10.5 Å². The van der Waals surface area contributed by atoms with Crippen LogP contribution in [0.4, 0.5) is 5.69 Å². The Morgan fingerprint density at radius 2 is 1.87 bits per heavy atom. The minimum absolute atomic E-state index is 0.00341. The zero-order chi connectivity index (χ0) is 21.3. The van der Waals surface area contributed by atoms with Crippen molar-refractivity contribution in [2.45, 2.75) is 16.3 Å². The SMILES string of the molecule is O=[N+]([O-])c1cc(C=NNC(=S)NCc2ccccc2)ccc1Sc1ccc(Cl)cc1. The van der Waals surface area contributed by atoms with Gasteiger partial charge in [-0.05, 0) is 48.1 Å². The molecule has 0 heterocycles. The summed E-state index contributed by atoms with van der Waals surface area (Å²) in [7, 11) is 0. The second kappa shape index (κ2) is 10.7. The van der Waals surface area contributed by atoms with Crippen LogP contribution >= 0.6 is 35.6 Å². The van der Waals surface area contributed by atoms with Crippen molar-refractivity contribution in [3.63, 3.8) is 0 Å². The van der Waals surface area contributed by atoms with Crippen molar-refractivity contribution in [3.8, 4) is 0 Å². The summed E-state index contributed by atoms with van der Waals surface area (Å²) in [5.41, 5.74) is 4.39. The zero-order valence-corrected chi connectivity index (χ0v) is 18.0. The summed E-state index contributed by atoms with van der Waals surface area (Å²) in [6.45, 7) is 0.574. The highest BCUT2D eigenvalue weighted by molar-refractivity contribution is 7.99. The van der Waals surface area contributed by atoms with Crippen LogP contribution < -0.4 is 10.7 Å². The van der Waals surface area contributed by atoms with Gasteiger partial charge in [0.1, 0.15) is 0 Å². The van der Waals surface area contributed by atoms with Gasteiger partial charge in [-0.1, -0.05) is 59.8 Å². The van der Waals surface area contributed by atoms with Gasteiger partial charge in [0.05, 0.1) is 16.0 Å². The molecule has 6 nitrogen and oxygen atoms in total. The summed E-state index contributed by atoms with van der Waals surface area (Å²) in [6, 6.07) is 21.9. The number of hydrogen-bond donors (Lipinski definition) is 2. The third-order valence-corrected chi connectivity index (χ3v) is 5.46. The maximum Gasteiger partial charge on any atom is 0.283 e. The molecule has 152 valence electrons. The Bertz CT molecular complexity index is 1060. The minimum atomic E-state index is -0.408. The van der Waals surface area contributed by atoms with Crippen molar-refractivity contribution in [3.05, 3.63) is 99.1 Å². The third kappa shape index (κ3) is 6.55. The van der Waals surface area contributed by atoms with Gasteiger partial charge in [-0.15, -0.1) is 0 Å². The van der Waals surface area contributed by atoms with Gasteiger partial charge >= 0.3 is 0 Å². The van der Waals surface area contributed by atoms with Gasteiger partial charge in [-0.3, -0.25) is 15.5 Å². The van der Waals surface area contributed by atoms with Crippen LogP contribution in [0.25, 0.3) is 0 Å². The summed E-state index contributed by atoms with van der Waals surface area (Å²) in [6.07, 6.45) is 1.49. The molecule has 0 saturated heterocycles. The molecule has 0 fully saturated rings. The summed E-state index contributed by atoms with van der Waals surface area (Å²) in [5.74, 6) is 0. The van der Waals surface area contributed by atoms with Gasteiger partial charge in [0.25, 0.3) is 5.69 Å². The summed E-state index contributed by atoms with van der Waals surface area (Å²) < 4.78 is 0. The quantitative estimate of drug-likeness (QED) is 0.214. The van der Waals surface area contributed by atoms with E-state index < -0.39 is 4.92 Å². The Balaban J connectivity index is 1.61. The van der Waals surface area contributed by atoms with E-state index in [2.05, 4.69) is 15.8 Å². The minimum Gasteiger partial charge on any atom is -0.357 e. The second-order valence-corrected chi connectivity index (χ2v) is 8.04. The van der Waals surface area contributed by atoms with Crippen molar-refractivity contribution in [1.82, 2.24) is 10.7 Å². The summed E-state index contributed by atoms with van der Waals surface area (Å²) in [5, 5.41) is 19.6. The third-order valence-electron chi connectivity index (χ3n) is 3.90. The molecule has 3 aromatic carbocycles. The molecule has 2 N–H and O–H groups in total. The second-order valence-electron chi connectivity index (χ2n) is 6.08. The first-order chi connectivity index (χ1) is 14.5. The van der Waals surface area contributed by atoms with Crippen molar-refractivity contribution in [1.29, 1.82) is 0 Å². The topological polar surface area (TPSA) is 79.6 Å². The lowest BCUT2D eigenvalue weighted by Gasteiger charge is -2.07. The standard InChI is InChI=1S/C21H17ClN4O2S2/c22-17-7-9-18(10-8-17)30-20-11-6-16(12-19(20)26(27)28)14-24-25-21(29)23-13-15-4-2-1-3-5-15/h1-12,14H,13H2,(H2,23,25,29). The molecule has 0 atom stereocenters. The molecule has 0 radical (unpaired) electrons. The number of nitrogens with one attached hydrogen (secondary N) is 2. The van der Waals surface area contributed by atoms with Crippen LogP contribution in [-0.4, -0.2) is 16.3 Å². The van der Waals surface area contributed by atoms with Crippen molar-refractivity contribution < 1.29 is 4.92 Å². The normalized spacial score (nSPS) is 10.7. The monoisotopic (exact) mass is 456 g/mol. The first kappa shape index (κ1) is 21.8. The predicted molar refractivity (Wildman–Crippen MR) is 125 cm³/mol.